The van der Waals surface area contributed by atoms with Gasteiger partial charge in [-0.2, -0.15) is 0 Å². The third-order valence-electron chi connectivity index (χ3n) is 2.64. The minimum Gasteiger partial charge on any atom is -0.396 e. The van der Waals surface area contributed by atoms with Crippen LogP contribution in [0.25, 0.3) is 0 Å². The van der Waals surface area contributed by atoms with E-state index in [2.05, 4.69) is 50.6 Å². The number of Topliss-reactive ketones (excluding diaryl/α,β-unsaturated/α-hetero) is 1. The second kappa shape index (κ2) is 7.75. The van der Waals surface area contributed by atoms with Gasteiger partial charge >= 0.3 is 0 Å². The number of aliphatic hydroxyl groups excluding tert-OH is 1. The highest BCUT2D eigenvalue weighted by Gasteiger charge is 2.18. The first-order valence-electron chi connectivity index (χ1n) is 5.78. The lowest BCUT2D eigenvalue weighted by atomic mass is 10.2. The van der Waals surface area contributed by atoms with Gasteiger partial charge in [0.05, 0.1) is 14.1 Å². The number of rotatable bonds is 7. The Morgan fingerprint density at radius 3 is 2.61 bits per heavy atom. The molecule has 0 aromatic carbocycles. The summed E-state index contributed by atoms with van der Waals surface area (Å²) in [6.45, 7) is 5.40. The molecule has 0 aliphatic carbocycles. The first kappa shape index (κ1) is 16.3. The van der Waals surface area contributed by atoms with E-state index in [1.165, 1.54) is 11.3 Å². The molecule has 0 fully saturated rings. The molecule has 0 atom stereocenters. The topological polar surface area (TPSA) is 40.5 Å². The minimum atomic E-state index is 0.107. The van der Waals surface area contributed by atoms with Crippen molar-refractivity contribution >= 4 is 49.0 Å². The molecule has 0 saturated carbocycles. The normalized spacial score (nSPS) is 11.5. The van der Waals surface area contributed by atoms with Crippen LogP contribution in [0.1, 0.15) is 30.6 Å². The van der Waals surface area contributed by atoms with Crippen LogP contribution in [0.15, 0.2) is 13.6 Å². The van der Waals surface area contributed by atoms with Crippen LogP contribution in [0, 0.1) is 0 Å². The highest BCUT2D eigenvalue weighted by Crippen LogP contribution is 2.32. The molecule has 1 heterocycles. The number of hydrogen-bond donors (Lipinski definition) is 1. The van der Waals surface area contributed by atoms with Crippen molar-refractivity contribution in [3.8, 4) is 0 Å². The van der Waals surface area contributed by atoms with Gasteiger partial charge in [0.15, 0.2) is 5.78 Å². The zero-order chi connectivity index (χ0) is 13.7. The molecule has 3 nitrogen and oxygen atoms in total. The van der Waals surface area contributed by atoms with E-state index in [-0.39, 0.29) is 12.4 Å². The van der Waals surface area contributed by atoms with Gasteiger partial charge in [-0.25, -0.2) is 0 Å². The predicted molar refractivity (Wildman–Crippen MR) is 82.5 cm³/mol. The van der Waals surface area contributed by atoms with E-state index < -0.39 is 0 Å². The second-order valence-electron chi connectivity index (χ2n) is 4.30. The molecule has 0 aliphatic rings. The molecule has 1 rings (SSSR count). The molecular formula is C12H17Br2NO2S. The van der Waals surface area contributed by atoms with Gasteiger partial charge in [0.2, 0.25) is 0 Å². The molecule has 0 spiro atoms. The average Bonchev–Trinajstić information content (AvgIpc) is 2.63. The van der Waals surface area contributed by atoms with Gasteiger partial charge in [-0.05, 0) is 58.2 Å². The van der Waals surface area contributed by atoms with Gasteiger partial charge in [-0.1, -0.05) is 0 Å². The fourth-order valence-electron chi connectivity index (χ4n) is 1.59. The summed E-state index contributed by atoms with van der Waals surface area (Å²) in [6.07, 6.45) is 0.694. The highest BCUT2D eigenvalue weighted by molar-refractivity contribution is 9.12. The number of thiophene rings is 1. The number of carbonyl (C=O) groups is 1. The van der Waals surface area contributed by atoms with E-state index in [9.17, 15) is 4.79 Å². The minimum absolute atomic E-state index is 0.107. The maximum atomic E-state index is 12.2. The van der Waals surface area contributed by atoms with E-state index in [4.69, 9.17) is 5.11 Å². The molecule has 0 aliphatic heterocycles. The first-order valence-corrected chi connectivity index (χ1v) is 8.19. The van der Waals surface area contributed by atoms with Crippen molar-refractivity contribution in [3.63, 3.8) is 0 Å². The number of nitrogens with zero attached hydrogens (tertiary/aromatic N) is 1. The average molecular weight is 399 g/mol. The fourth-order valence-corrected chi connectivity index (χ4v) is 4.45. The number of hydrogen-bond acceptors (Lipinski definition) is 4. The van der Waals surface area contributed by atoms with E-state index in [1.807, 2.05) is 6.07 Å². The van der Waals surface area contributed by atoms with Crippen LogP contribution in [0.2, 0.25) is 0 Å². The number of halogens is 2. The van der Waals surface area contributed by atoms with Gasteiger partial charge in [0.1, 0.15) is 0 Å². The molecule has 6 heteroatoms. The van der Waals surface area contributed by atoms with Crippen molar-refractivity contribution in [2.75, 3.05) is 19.7 Å². The van der Waals surface area contributed by atoms with Gasteiger partial charge in [0.25, 0.3) is 0 Å². The lowest BCUT2D eigenvalue weighted by Gasteiger charge is -2.25. The van der Waals surface area contributed by atoms with Crippen molar-refractivity contribution in [2.24, 2.45) is 0 Å². The van der Waals surface area contributed by atoms with E-state index in [0.29, 0.717) is 19.0 Å². The van der Waals surface area contributed by atoms with Crippen molar-refractivity contribution in [2.45, 2.75) is 26.3 Å². The predicted octanol–water partition coefficient (Wildman–Crippen LogP) is 3.55. The highest BCUT2D eigenvalue weighted by atomic mass is 79.9. The largest absolute Gasteiger partial charge is 0.396 e. The Morgan fingerprint density at radius 2 is 2.17 bits per heavy atom. The summed E-state index contributed by atoms with van der Waals surface area (Å²) in [6, 6.07) is 2.14. The van der Waals surface area contributed by atoms with Crippen LogP contribution < -0.4 is 0 Å². The summed E-state index contributed by atoms with van der Waals surface area (Å²) in [5.74, 6) is 0.107. The zero-order valence-corrected chi connectivity index (χ0v) is 14.4. The molecule has 18 heavy (non-hydrogen) atoms. The van der Waals surface area contributed by atoms with Gasteiger partial charge in [-0.15, -0.1) is 11.3 Å². The van der Waals surface area contributed by atoms with Gasteiger partial charge in [-0.3, -0.25) is 9.69 Å². The Hall–Kier alpha value is 0.250. The molecular weight excluding hydrogens is 382 g/mol. The lowest BCUT2D eigenvalue weighted by molar-refractivity contribution is 0.0896. The van der Waals surface area contributed by atoms with E-state index in [1.54, 1.807) is 0 Å². The van der Waals surface area contributed by atoms with Crippen molar-refractivity contribution in [1.29, 1.82) is 0 Å². The third-order valence-corrected chi connectivity index (χ3v) is 4.98. The second-order valence-corrected chi connectivity index (χ2v) is 8.05. The van der Waals surface area contributed by atoms with Crippen LogP contribution in [0.3, 0.4) is 0 Å². The Morgan fingerprint density at radius 1 is 1.50 bits per heavy atom. The summed E-state index contributed by atoms with van der Waals surface area (Å²) >= 11 is 8.29. The van der Waals surface area contributed by atoms with Crippen molar-refractivity contribution < 1.29 is 9.90 Å². The lowest BCUT2D eigenvalue weighted by Crippen LogP contribution is -2.36. The first-order chi connectivity index (χ1) is 8.45. The van der Waals surface area contributed by atoms with Crippen molar-refractivity contribution in [3.05, 3.63) is 19.2 Å². The molecule has 1 aromatic rings. The van der Waals surface area contributed by atoms with Crippen LogP contribution in [0.5, 0.6) is 0 Å². The zero-order valence-electron chi connectivity index (χ0n) is 10.4. The third kappa shape index (κ3) is 4.74. The summed E-state index contributed by atoms with van der Waals surface area (Å²) in [4.78, 5) is 14.3. The Balaban J connectivity index is 2.69. The molecule has 1 aromatic heterocycles. The van der Waals surface area contributed by atoms with Crippen LogP contribution in [0.4, 0.5) is 0 Å². The van der Waals surface area contributed by atoms with E-state index >= 15 is 0 Å². The molecule has 1 N–H and O–H groups in total. The molecule has 0 unspecified atom stereocenters. The Labute approximate surface area is 128 Å². The van der Waals surface area contributed by atoms with Crippen LogP contribution in [-0.4, -0.2) is 41.5 Å². The summed E-state index contributed by atoms with van der Waals surface area (Å²) in [5.41, 5.74) is 0.724. The molecule has 0 bridgehead atoms. The monoisotopic (exact) mass is 397 g/mol. The molecule has 0 amide bonds. The quantitative estimate of drug-likeness (QED) is 0.714. The SMILES string of the molecule is CC(C)N(CCCO)CC(=O)c1cc(Br)sc1Br. The van der Waals surface area contributed by atoms with Crippen molar-refractivity contribution in [1.82, 2.24) is 4.90 Å². The van der Waals surface area contributed by atoms with Gasteiger partial charge in [0, 0.05) is 24.8 Å². The number of carbonyl (C=O) groups excluding carboxylic acids is 1. The summed E-state index contributed by atoms with van der Waals surface area (Å²) in [7, 11) is 0. The van der Waals surface area contributed by atoms with Gasteiger partial charge < -0.3 is 5.11 Å². The molecule has 0 radical (unpaired) electrons. The maximum absolute atomic E-state index is 12.2. The number of aliphatic hydroxyl groups is 1. The number of ketones is 1. The van der Waals surface area contributed by atoms with Crippen LogP contribution >= 0.6 is 43.2 Å². The fraction of sp³-hybridized carbons (Fsp3) is 0.583. The van der Waals surface area contributed by atoms with Crippen LogP contribution in [-0.2, 0) is 0 Å². The molecule has 102 valence electrons. The maximum Gasteiger partial charge on any atom is 0.178 e. The molecule has 0 saturated heterocycles. The van der Waals surface area contributed by atoms with E-state index in [0.717, 1.165) is 19.7 Å². The Kier molecular flexibility index (Phi) is 7.02. The summed E-state index contributed by atoms with van der Waals surface area (Å²) < 4.78 is 1.81. The standard InChI is InChI=1S/C12H17Br2NO2S/c1-8(2)15(4-3-5-16)7-10(17)9-6-11(13)18-12(9)14/h6,8,16H,3-5,7H2,1-2H3. The smallest absolute Gasteiger partial charge is 0.178 e. The summed E-state index contributed by atoms with van der Waals surface area (Å²) in [5, 5.41) is 8.87. The Bertz CT molecular complexity index is 407.